The molecular formula is C14H12ClN5O. The van der Waals surface area contributed by atoms with Gasteiger partial charge in [0.1, 0.15) is 0 Å². The summed E-state index contributed by atoms with van der Waals surface area (Å²) in [5.74, 6) is 0.0596. The molecule has 106 valence electrons. The van der Waals surface area contributed by atoms with E-state index >= 15 is 0 Å². The molecular weight excluding hydrogens is 290 g/mol. The summed E-state index contributed by atoms with van der Waals surface area (Å²) in [7, 11) is 0. The van der Waals surface area contributed by atoms with Crippen molar-refractivity contribution in [2.75, 3.05) is 5.32 Å². The molecule has 3 aromatic rings. The molecule has 0 aliphatic heterocycles. The summed E-state index contributed by atoms with van der Waals surface area (Å²) in [5.41, 5.74) is 2.40. The van der Waals surface area contributed by atoms with Crippen LogP contribution in [0.1, 0.15) is 21.9 Å². The Morgan fingerprint density at radius 1 is 1.29 bits per heavy atom. The third-order valence-electron chi connectivity index (χ3n) is 3.08. The van der Waals surface area contributed by atoms with E-state index < -0.39 is 5.91 Å². The SMILES string of the molecule is Cc1ccc(Cl)cc1NC(=O)c1nc2nccc(C)n2n1. The number of carbonyl (C=O) groups excluding carboxylic acids is 1. The second kappa shape index (κ2) is 5.14. The van der Waals surface area contributed by atoms with Gasteiger partial charge in [0.25, 0.3) is 11.7 Å². The van der Waals surface area contributed by atoms with Crippen LogP contribution < -0.4 is 5.32 Å². The number of anilines is 1. The number of amides is 1. The van der Waals surface area contributed by atoms with E-state index in [2.05, 4.69) is 20.4 Å². The van der Waals surface area contributed by atoms with E-state index in [0.717, 1.165) is 11.3 Å². The van der Waals surface area contributed by atoms with Crippen molar-refractivity contribution in [3.8, 4) is 0 Å². The number of hydrogen-bond donors (Lipinski definition) is 1. The van der Waals surface area contributed by atoms with Crippen molar-refractivity contribution in [3.05, 3.63) is 52.6 Å². The summed E-state index contributed by atoms with van der Waals surface area (Å²) < 4.78 is 1.53. The lowest BCUT2D eigenvalue weighted by atomic mass is 10.2. The van der Waals surface area contributed by atoms with Gasteiger partial charge in [0.2, 0.25) is 5.82 Å². The maximum Gasteiger partial charge on any atom is 0.295 e. The number of hydrogen-bond acceptors (Lipinski definition) is 4. The maximum absolute atomic E-state index is 12.2. The summed E-state index contributed by atoms with van der Waals surface area (Å²) in [4.78, 5) is 20.4. The van der Waals surface area contributed by atoms with Crippen LogP contribution in [0, 0.1) is 13.8 Å². The predicted octanol–water partition coefficient (Wildman–Crippen LogP) is 2.65. The van der Waals surface area contributed by atoms with Crippen LogP contribution in [0.2, 0.25) is 5.02 Å². The van der Waals surface area contributed by atoms with Crippen molar-refractivity contribution in [2.45, 2.75) is 13.8 Å². The number of halogens is 1. The Labute approximate surface area is 125 Å². The molecule has 0 aliphatic rings. The fourth-order valence-electron chi connectivity index (χ4n) is 1.91. The zero-order valence-corrected chi connectivity index (χ0v) is 12.2. The van der Waals surface area contributed by atoms with Gasteiger partial charge in [0, 0.05) is 22.6 Å². The summed E-state index contributed by atoms with van der Waals surface area (Å²) >= 11 is 5.93. The second-order valence-corrected chi connectivity index (χ2v) is 5.08. The third-order valence-corrected chi connectivity index (χ3v) is 3.32. The van der Waals surface area contributed by atoms with Gasteiger partial charge in [-0.05, 0) is 37.6 Å². The molecule has 21 heavy (non-hydrogen) atoms. The lowest BCUT2D eigenvalue weighted by Crippen LogP contribution is -2.14. The molecule has 1 amide bonds. The molecule has 0 saturated heterocycles. The number of benzene rings is 1. The third kappa shape index (κ3) is 2.57. The van der Waals surface area contributed by atoms with Crippen LogP contribution in [0.3, 0.4) is 0 Å². The first-order valence-corrected chi connectivity index (χ1v) is 6.68. The highest BCUT2D eigenvalue weighted by atomic mass is 35.5. The van der Waals surface area contributed by atoms with Crippen molar-refractivity contribution >= 4 is 29.0 Å². The van der Waals surface area contributed by atoms with Crippen molar-refractivity contribution in [3.63, 3.8) is 0 Å². The maximum atomic E-state index is 12.2. The quantitative estimate of drug-likeness (QED) is 0.790. The zero-order chi connectivity index (χ0) is 15.0. The molecule has 1 aromatic carbocycles. The average Bonchev–Trinajstić information content (AvgIpc) is 2.88. The van der Waals surface area contributed by atoms with E-state index in [1.807, 2.05) is 19.9 Å². The molecule has 2 aromatic heterocycles. The smallest absolute Gasteiger partial charge is 0.295 e. The number of nitrogens with one attached hydrogen (secondary N) is 1. The summed E-state index contributed by atoms with van der Waals surface area (Å²) in [5, 5.41) is 7.47. The Balaban J connectivity index is 1.93. The van der Waals surface area contributed by atoms with Gasteiger partial charge >= 0.3 is 0 Å². The van der Waals surface area contributed by atoms with Crippen LogP contribution in [0.4, 0.5) is 5.69 Å². The van der Waals surface area contributed by atoms with Crippen molar-refractivity contribution in [1.29, 1.82) is 0 Å². The molecule has 0 fully saturated rings. The van der Waals surface area contributed by atoms with Gasteiger partial charge in [0.05, 0.1) is 0 Å². The van der Waals surface area contributed by atoms with Crippen LogP contribution in [0.25, 0.3) is 5.78 Å². The Hall–Kier alpha value is -2.47. The van der Waals surface area contributed by atoms with E-state index in [-0.39, 0.29) is 5.82 Å². The molecule has 0 atom stereocenters. The van der Waals surface area contributed by atoms with Gasteiger partial charge in [-0.25, -0.2) is 9.50 Å². The number of aromatic nitrogens is 4. The zero-order valence-electron chi connectivity index (χ0n) is 11.5. The molecule has 6 nitrogen and oxygen atoms in total. The molecule has 7 heteroatoms. The normalized spacial score (nSPS) is 10.8. The number of aryl methyl sites for hydroxylation is 2. The average molecular weight is 302 g/mol. The summed E-state index contributed by atoms with van der Waals surface area (Å²) in [6.07, 6.45) is 1.63. The molecule has 2 heterocycles. The number of nitrogens with zero attached hydrogens (tertiary/aromatic N) is 4. The van der Waals surface area contributed by atoms with Crippen LogP contribution in [-0.2, 0) is 0 Å². The van der Waals surface area contributed by atoms with Gasteiger partial charge in [-0.2, -0.15) is 4.98 Å². The molecule has 3 rings (SSSR count). The summed E-state index contributed by atoms with van der Waals surface area (Å²) in [6.45, 7) is 3.75. The summed E-state index contributed by atoms with van der Waals surface area (Å²) in [6, 6.07) is 7.09. The van der Waals surface area contributed by atoms with Gasteiger partial charge in [-0.1, -0.05) is 17.7 Å². The lowest BCUT2D eigenvalue weighted by molar-refractivity contribution is 0.101. The molecule has 0 unspecified atom stereocenters. The van der Waals surface area contributed by atoms with Crippen LogP contribution >= 0.6 is 11.6 Å². The Morgan fingerprint density at radius 2 is 2.10 bits per heavy atom. The molecule has 0 bridgehead atoms. The van der Waals surface area contributed by atoms with Gasteiger partial charge in [0.15, 0.2) is 0 Å². The standard InChI is InChI=1S/C14H12ClN5O/c1-8-3-4-10(15)7-11(8)17-13(21)12-18-14-16-6-5-9(2)20(14)19-12/h3-7H,1-2H3,(H,17,21). The first kappa shape index (κ1) is 13.5. The minimum absolute atomic E-state index is 0.0659. The molecule has 0 spiro atoms. The first-order chi connectivity index (χ1) is 10.0. The van der Waals surface area contributed by atoms with Crippen molar-refractivity contribution < 1.29 is 4.79 Å². The molecule has 0 aliphatic carbocycles. The largest absolute Gasteiger partial charge is 0.319 e. The Kier molecular flexibility index (Phi) is 3.31. The van der Waals surface area contributed by atoms with Gasteiger partial charge in [-0.15, -0.1) is 5.10 Å². The van der Waals surface area contributed by atoms with Crippen LogP contribution in [0.15, 0.2) is 30.5 Å². The molecule has 0 radical (unpaired) electrons. The fourth-order valence-corrected chi connectivity index (χ4v) is 2.08. The van der Waals surface area contributed by atoms with Gasteiger partial charge in [-0.3, -0.25) is 4.79 Å². The van der Waals surface area contributed by atoms with Gasteiger partial charge < -0.3 is 5.32 Å². The lowest BCUT2D eigenvalue weighted by Gasteiger charge is -2.06. The number of carbonyl (C=O) groups is 1. The molecule has 1 N–H and O–H groups in total. The highest BCUT2D eigenvalue weighted by Gasteiger charge is 2.15. The highest BCUT2D eigenvalue weighted by molar-refractivity contribution is 6.31. The van der Waals surface area contributed by atoms with E-state index in [4.69, 9.17) is 11.6 Å². The van der Waals surface area contributed by atoms with E-state index in [1.54, 1.807) is 24.4 Å². The van der Waals surface area contributed by atoms with E-state index in [9.17, 15) is 4.79 Å². The van der Waals surface area contributed by atoms with Crippen molar-refractivity contribution in [1.82, 2.24) is 19.6 Å². The van der Waals surface area contributed by atoms with Crippen LogP contribution in [-0.4, -0.2) is 25.5 Å². The minimum Gasteiger partial charge on any atom is -0.319 e. The second-order valence-electron chi connectivity index (χ2n) is 4.65. The number of fused-ring (bicyclic) bond motifs is 1. The predicted molar refractivity (Wildman–Crippen MR) is 79.7 cm³/mol. The monoisotopic (exact) mass is 301 g/mol. The highest BCUT2D eigenvalue weighted by Crippen LogP contribution is 2.20. The van der Waals surface area contributed by atoms with E-state index in [1.165, 1.54) is 4.52 Å². The number of rotatable bonds is 2. The molecule has 0 saturated carbocycles. The topological polar surface area (TPSA) is 72.2 Å². The minimum atomic E-state index is -0.398. The Bertz CT molecular complexity index is 842. The fraction of sp³-hybridized carbons (Fsp3) is 0.143. The van der Waals surface area contributed by atoms with Crippen molar-refractivity contribution in [2.24, 2.45) is 0 Å². The van der Waals surface area contributed by atoms with E-state index in [0.29, 0.717) is 16.5 Å². The Morgan fingerprint density at radius 3 is 2.86 bits per heavy atom. The first-order valence-electron chi connectivity index (χ1n) is 6.30. The van der Waals surface area contributed by atoms with Crippen LogP contribution in [0.5, 0.6) is 0 Å².